The maximum Gasteiger partial charge on any atom is 0.513 e. The van der Waals surface area contributed by atoms with Crippen LogP contribution in [0.1, 0.15) is 25.3 Å². The van der Waals surface area contributed by atoms with Crippen molar-refractivity contribution >= 4 is 29.2 Å². The number of rotatable bonds is 9. The summed E-state index contributed by atoms with van der Waals surface area (Å²) in [4.78, 5) is 37.1. The van der Waals surface area contributed by atoms with Gasteiger partial charge in [0, 0.05) is 12.1 Å². The van der Waals surface area contributed by atoms with Gasteiger partial charge in [-0.05, 0) is 68.1 Å². The monoisotopic (exact) mass is 485 g/mol. The molecule has 0 unspecified atom stereocenters. The summed E-state index contributed by atoms with van der Waals surface area (Å²) in [5.74, 6) is 0.746. The molecule has 4 aromatic rings. The minimum atomic E-state index is -0.754. The summed E-state index contributed by atoms with van der Waals surface area (Å²) in [6.45, 7) is 2.52. The van der Waals surface area contributed by atoms with Crippen molar-refractivity contribution in [1.82, 2.24) is 20.3 Å². The lowest BCUT2D eigenvalue weighted by molar-refractivity contribution is 0.104. The summed E-state index contributed by atoms with van der Waals surface area (Å²) >= 11 is 0. The van der Waals surface area contributed by atoms with E-state index in [1.807, 2.05) is 18.2 Å². The second-order valence-corrected chi connectivity index (χ2v) is 7.93. The lowest BCUT2D eigenvalue weighted by Gasteiger charge is -2.08. The Bertz CT molecular complexity index is 1310. The Hall–Kier alpha value is -4.53. The predicted molar refractivity (Wildman–Crippen MR) is 137 cm³/mol. The number of benzene rings is 2. The number of nitrogens with one attached hydrogen (secondary N) is 2. The van der Waals surface area contributed by atoms with E-state index in [0.717, 1.165) is 24.8 Å². The number of urea groups is 1. The Morgan fingerprint density at radius 1 is 0.917 bits per heavy atom. The fourth-order valence-corrected chi connectivity index (χ4v) is 3.50. The molecule has 0 aliphatic rings. The van der Waals surface area contributed by atoms with Crippen LogP contribution in [0.15, 0.2) is 72.9 Å². The topological polar surface area (TPSA) is 115 Å². The van der Waals surface area contributed by atoms with Crippen molar-refractivity contribution in [2.24, 2.45) is 0 Å². The first-order valence-corrected chi connectivity index (χ1v) is 11.8. The highest BCUT2D eigenvalue weighted by Gasteiger charge is 2.09. The second kappa shape index (κ2) is 12.3. The summed E-state index contributed by atoms with van der Waals surface area (Å²) in [6, 6.07) is 20.2. The third-order valence-corrected chi connectivity index (χ3v) is 5.28. The summed E-state index contributed by atoms with van der Waals surface area (Å²) in [6.07, 6.45) is 3.74. The van der Waals surface area contributed by atoms with E-state index in [1.165, 1.54) is 5.56 Å². The molecule has 0 bridgehead atoms. The normalized spacial score (nSPS) is 10.6. The molecule has 0 radical (unpaired) electrons. The van der Waals surface area contributed by atoms with Crippen molar-refractivity contribution < 1.29 is 19.1 Å². The average Bonchev–Trinajstić information content (AvgIpc) is 2.89. The van der Waals surface area contributed by atoms with Gasteiger partial charge < -0.3 is 14.8 Å². The molecule has 2 aromatic carbocycles. The predicted octanol–water partition coefficient (Wildman–Crippen LogP) is 5.37. The van der Waals surface area contributed by atoms with Gasteiger partial charge in [-0.1, -0.05) is 30.3 Å². The number of hydrogen-bond acceptors (Lipinski definition) is 7. The second-order valence-electron chi connectivity index (χ2n) is 7.93. The van der Waals surface area contributed by atoms with Gasteiger partial charge >= 0.3 is 12.2 Å². The van der Waals surface area contributed by atoms with Gasteiger partial charge in [0.15, 0.2) is 5.65 Å². The SMILES string of the molecule is CCOC(=O)Oc1ccc(-c2cnc3ccc(NC(=O)NCCCCc4ccccc4)nc3n2)cc1. The van der Waals surface area contributed by atoms with Crippen LogP contribution in [0.2, 0.25) is 0 Å². The molecule has 0 spiro atoms. The minimum Gasteiger partial charge on any atom is -0.434 e. The molecule has 0 atom stereocenters. The Morgan fingerprint density at radius 3 is 2.50 bits per heavy atom. The summed E-state index contributed by atoms with van der Waals surface area (Å²) < 4.78 is 9.85. The zero-order chi connectivity index (χ0) is 25.2. The van der Waals surface area contributed by atoms with Crippen molar-refractivity contribution in [3.63, 3.8) is 0 Å². The molecular formula is C27H27N5O4. The molecule has 2 amide bonds. The van der Waals surface area contributed by atoms with Crippen LogP contribution in [0, 0.1) is 0 Å². The van der Waals surface area contributed by atoms with Crippen LogP contribution in [0.5, 0.6) is 5.75 Å². The number of fused-ring (bicyclic) bond motifs is 1. The molecule has 36 heavy (non-hydrogen) atoms. The van der Waals surface area contributed by atoms with E-state index in [4.69, 9.17) is 9.47 Å². The summed E-state index contributed by atoms with van der Waals surface area (Å²) in [7, 11) is 0. The largest absolute Gasteiger partial charge is 0.513 e. The standard InChI is InChI=1S/C27H27N5O4/c1-2-35-27(34)36-21-13-11-20(12-14-21)23-18-29-22-15-16-24(31-25(22)30-23)32-26(33)28-17-7-6-10-19-8-4-3-5-9-19/h3-5,8-9,11-16,18H,2,6-7,10,17H2,1H3,(H2,28,30,31,32,33). The number of amides is 2. The molecule has 0 aliphatic heterocycles. The number of anilines is 1. The molecule has 184 valence electrons. The lowest BCUT2D eigenvalue weighted by atomic mass is 10.1. The first-order valence-electron chi connectivity index (χ1n) is 11.8. The van der Waals surface area contributed by atoms with E-state index in [0.29, 0.717) is 35.0 Å². The van der Waals surface area contributed by atoms with Crippen LogP contribution in [-0.2, 0) is 11.2 Å². The van der Waals surface area contributed by atoms with Crippen molar-refractivity contribution in [3.05, 3.63) is 78.5 Å². The maximum absolute atomic E-state index is 12.3. The van der Waals surface area contributed by atoms with E-state index >= 15 is 0 Å². The molecule has 0 fully saturated rings. The molecule has 2 N–H and O–H groups in total. The fraction of sp³-hybridized carbons (Fsp3) is 0.222. The quantitative estimate of drug-likeness (QED) is 0.186. The molecule has 9 nitrogen and oxygen atoms in total. The molecule has 2 heterocycles. The number of ether oxygens (including phenoxy) is 2. The first kappa shape index (κ1) is 24.6. The van der Waals surface area contributed by atoms with Crippen molar-refractivity contribution in [1.29, 1.82) is 0 Å². The lowest BCUT2D eigenvalue weighted by Crippen LogP contribution is -2.29. The highest BCUT2D eigenvalue weighted by Crippen LogP contribution is 2.22. The van der Waals surface area contributed by atoms with Crippen molar-refractivity contribution in [2.75, 3.05) is 18.5 Å². The zero-order valence-corrected chi connectivity index (χ0v) is 19.9. The van der Waals surface area contributed by atoms with Crippen LogP contribution >= 0.6 is 0 Å². The Balaban J connectivity index is 1.32. The van der Waals surface area contributed by atoms with Crippen LogP contribution in [0.25, 0.3) is 22.4 Å². The molecule has 9 heteroatoms. The van der Waals surface area contributed by atoms with Crippen LogP contribution in [-0.4, -0.2) is 40.3 Å². The Kier molecular flexibility index (Phi) is 8.37. The molecule has 0 saturated heterocycles. The van der Waals surface area contributed by atoms with Gasteiger partial charge in [0.05, 0.1) is 18.5 Å². The van der Waals surface area contributed by atoms with E-state index in [2.05, 4.69) is 37.7 Å². The summed E-state index contributed by atoms with van der Waals surface area (Å²) in [5.41, 5.74) is 3.67. The first-order chi connectivity index (χ1) is 17.6. The molecule has 0 saturated carbocycles. The number of nitrogens with zero attached hydrogens (tertiary/aromatic N) is 3. The van der Waals surface area contributed by atoms with Crippen molar-refractivity contribution in [2.45, 2.75) is 26.2 Å². The van der Waals surface area contributed by atoms with Gasteiger partial charge in [-0.15, -0.1) is 0 Å². The molecule has 4 rings (SSSR count). The average molecular weight is 486 g/mol. The van der Waals surface area contributed by atoms with Gasteiger partial charge in [-0.2, -0.15) is 0 Å². The van der Waals surface area contributed by atoms with Crippen LogP contribution < -0.4 is 15.4 Å². The number of pyridine rings is 1. The van der Waals surface area contributed by atoms with Gasteiger partial charge in [0.25, 0.3) is 0 Å². The van der Waals surface area contributed by atoms with Crippen molar-refractivity contribution in [3.8, 4) is 17.0 Å². The van der Waals surface area contributed by atoms with Crippen LogP contribution in [0.4, 0.5) is 15.4 Å². The third-order valence-electron chi connectivity index (χ3n) is 5.28. The summed E-state index contributed by atoms with van der Waals surface area (Å²) in [5, 5.41) is 5.61. The maximum atomic E-state index is 12.3. The Labute approximate surface area is 208 Å². The minimum absolute atomic E-state index is 0.240. The zero-order valence-electron chi connectivity index (χ0n) is 19.9. The third kappa shape index (κ3) is 6.99. The van der Waals surface area contributed by atoms with Gasteiger partial charge in [-0.3, -0.25) is 10.3 Å². The number of aryl methyl sites for hydroxylation is 1. The molecule has 0 aliphatic carbocycles. The van der Waals surface area contributed by atoms with E-state index in [1.54, 1.807) is 49.5 Å². The number of aromatic nitrogens is 3. The number of carbonyl (C=O) groups excluding carboxylic acids is 2. The Morgan fingerprint density at radius 2 is 1.72 bits per heavy atom. The highest BCUT2D eigenvalue weighted by molar-refractivity contribution is 5.89. The van der Waals surface area contributed by atoms with E-state index in [-0.39, 0.29) is 12.6 Å². The highest BCUT2D eigenvalue weighted by atomic mass is 16.7. The van der Waals surface area contributed by atoms with Gasteiger partial charge in [0.1, 0.15) is 17.1 Å². The fourth-order valence-electron chi connectivity index (χ4n) is 3.50. The smallest absolute Gasteiger partial charge is 0.434 e. The van der Waals surface area contributed by atoms with Gasteiger partial charge in [0.2, 0.25) is 0 Å². The molecule has 2 aromatic heterocycles. The number of unbranched alkanes of at least 4 members (excludes halogenated alkanes) is 1. The van der Waals surface area contributed by atoms with Crippen LogP contribution in [0.3, 0.4) is 0 Å². The van der Waals surface area contributed by atoms with Gasteiger partial charge in [-0.25, -0.2) is 19.6 Å². The number of hydrogen-bond donors (Lipinski definition) is 2. The molecular weight excluding hydrogens is 458 g/mol. The van der Waals surface area contributed by atoms with E-state index in [9.17, 15) is 9.59 Å². The number of carbonyl (C=O) groups is 2. The van der Waals surface area contributed by atoms with E-state index < -0.39 is 6.16 Å².